The smallest absolute Gasteiger partial charge is 0.429 e. The molecule has 0 unspecified atom stereocenters. The maximum absolute atomic E-state index is 12.3. The summed E-state index contributed by atoms with van der Waals surface area (Å²) in [6, 6.07) is 0. The summed E-state index contributed by atoms with van der Waals surface area (Å²) in [5.41, 5.74) is -2.28. The third-order valence-corrected chi connectivity index (χ3v) is 6.83. The molecule has 2 heterocycles. The monoisotopic (exact) mass is 544 g/mol. The molecule has 0 amide bonds. The zero-order chi connectivity index (χ0) is 29.2. The third kappa shape index (κ3) is 11.6. The molecule has 38 heavy (non-hydrogen) atoms. The molecule has 2 saturated heterocycles. The Morgan fingerprint density at radius 2 is 0.868 bits per heavy atom. The average Bonchev–Trinajstić information content (AvgIpc) is 2.65. The Hall–Kier alpha value is -1.62. The summed E-state index contributed by atoms with van der Waals surface area (Å²) >= 11 is 0. The van der Waals surface area contributed by atoms with E-state index in [1.807, 2.05) is 0 Å². The fraction of sp³-hybridized carbons (Fsp3) is 0.929. The van der Waals surface area contributed by atoms with Crippen molar-refractivity contribution < 1.29 is 38.6 Å². The summed E-state index contributed by atoms with van der Waals surface area (Å²) in [5.74, 6) is 0. The number of nitrogens with one attached hydrogen (secondary N) is 2. The van der Waals surface area contributed by atoms with Crippen LogP contribution in [0.4, 0.5) is 9.59 Å². The van der Waals surface area contributed by atoms with Crippen LogP contribution in [0.1, 0.15) is 122 Å². The zero-order valence-electron chi connectivity index (χ0n) is 25.7. The molecule has 2 fully saturated rings. The van der Waals surface area contributed by atoms with Crippen molar-refractivity contribution in [3.8, 4) is 0 Å². The van der Waals surface area contributed by atoms with Gasteiger partial charge in [0.2, 0.25) is 0 Å². The van der Waals surface area contributed by atoms with Crippen LogP contribution in [0.2, 0.25) is 0 Å². The zero-order valence-corrected chi connectivity index (χ0v) is 25.7. The predicted octanol–water partition coefficient (Wildman–Crippen LogP) is 6.11. The van der Waals surface area contributed by atoms with Gasteiger partial charge in [0.25, 0.3) is 0 Å². The molecule has 0 bridgehead atoms. The van der Waals surface area contributed by atoms with E-state index in [-0.39, 0.29) is 34.4 Å². The van der Waals surface area contributed by atoms with Gasteiger partial charge in [0.1, 0.15) is 23.4 Å². The first-order chi connectivity index (χ1) is 17.0. The molecule has 10 nitrogen and oxygen atoms in total. The minimum atomic E-state index is -0.859. The molecular formula is C28H52N2O8. The van der Waals surface area contributed by atoms with Crippen LogP contribution in [0.5, 0.6) is 0 Å². The normalized spacial score (nSPS) is 23.4. The minimum absolute atomic E-state index is 0.159. The van der Waals surface area contributed by atoms with Gasteiger partial charge in [-0.2, -0.15) is 9.78 Å². The highest BCUT2D eigenvalue weighted by atomic mass is 17.2. The molecule has 2 rings (SSSR count). The van der Waals surface area contributed by atoms with Crippen LogP contribution in [-0.4, -0.2) is 57.9 Å². The lowest BCUT2D eigenvalue weighted by Crippen LogP contribution is -2.59. The van der Waals surface area contributed by atoms with Gasteiger partial charge in [0.15, 0.2) is 0 Å². The highest BCUT2D eigenvalue weighted by molar-refractivity contribution is 5.59. The summed E-state index contributed by atoms with van der Waals surface area (Å²) in [5, 5.41) is 7.10. The highest BCUT2D eigenvalue weighted by Gasteiger charge is 2.41. The Bertz CT molecular complexity index is 735. The highest BCUT2D eigenvalue weighted by Crippen LogP contribution is 2.32. The first-order valence-electron chi connectivity index (χ1n) is 13.7. The van der Waals surface area contributed by atoms with Crippen molar-refractivity contribution in [1.82, 2.24) is 10.6 Å². The Morgan fingerprint density at radius 1 is 0.605 bits per heavy atom. The van der Waals surface area contributed by atoms with Gasteiger partial charge in [0, 0.05) is 47.8 Å². The molecule has 0 aromatic rings. The van der Waals surface area contributed by atoms with E-state index in [2.05, 4.69) is 66.0 Å². The van der Waals surface area contributed by atoms with Gasteiger partial charge in [-0.05, 0) is 95.9 Å². The van der Waals surface area contributed by atoms with Gasteiger partial charge in [-0.1, -0.05) is 0 Å². The number of carbonyl (C=O) groups is 2. The SMILES string of the molecule is CC1(C)CC(OC(=O)OOC(C)(C)CCC(C)(C)OOC(=O)OC2CC(C)(C)NC(C)(C)C2)CC(C)(C)N1. The topological polar surface area (TPSA) is 114 Å². The van der Waals surface area contributed by atoms with Gasteiger partial charge in [-0.3, -0.25) is 9.78 Å². The Morgan fingerprint density at radius 3 is 1.13 bits per heavy atom. The molecule has 2 N–H and O–H groups in total. The lowest BCUT2D eigenvalue weighted by atomic mass is 9.81. The molecule has 2 aliphatic heterocycles. The van der Waals surface area contributed by atoms with E-state index in [0.29, 0.717) is 38.5 Å². The van der Waals surface area contributed by atoms with Crippen LogP contribution in [-0.2, 0) is 29.0 Å². The van der Waals surface area contributed by atoms with Crippen molar-refractivity contribution in [2.24, 2.45) is 0 Å². The van der Waals surface area contributed by atoms with Crippen molar-refractivity contribution in [2.75, 3.05) is 0 Å². The van der Waals surface area contributed by atoms with Crippen molar-refractivity contribution in [3.63, 3.8) is 0 Å². The van der Waals surface area contributed by atoms with Crippen LogP contribution in [0.3, 0.4) is 0 Å². The second-order valence-corrected chi connectivity index (χ2v) is 14.9. The number of hydrogen-bond acceptors (Lipinski definition) is 10. The fourth-order valence-corrected chi connectivity index (χ4v) is 5.91. The predicted molar refractivity (Wildman–Crippen MR) is 143 cm³/mol. The lowest BCUT2D eigenvalue weighted by Gasteiger charge is -2.45. The number of piperidine rings is 2. The molecule has 0 saturated carbocycles. The van der Waals surface area contributed by atoms with Gasteiger partial charge in [-0.25, -0.2) is 9.59 Å². The first-order valence-corrected chi connectivity index (χ1v) is 13.7. The van der Waals surface area contributed by atoms with Crippen molar-refractivity contribution in [2.45, 2.75) is 167 Å². The Kier molecular flexibility index (Phi) is 9.84. The number of carbonyl (C=O) groups excluding carboxylic acids is 2. The van der Waals surface area contributed by atoms with Crippen LogP contribution < -0.4 is 10.6 Å². The maximum Gasteiger partial charge on any atom is 0.540 e. The summed E-state index contributed by atoms with van der Waals surface area (Å²) in [7, 11) is 0. The Labute approximate surface area is 229 Å². The molecule has 0 aliphatic carbocycles. The summed E-state index contributed by atoms with van der Waals surface area (Å²) < 4.78 is 11.1. The van der Waals surface area contributed by atoms with E-state index in [1.165, 1.54) is 0 Å². The van der Waals surface area contributed by atoms with E-state index in [1.54, 1.807) is 27.7 Å². The van der Waals surface area contributed by atoms with Gasteiger partial charge in [-0.15, -0.1) is 0 Å². The standard InChI is InChI=1S/C28H52N2O8/c1-23(2)15-19(16-24(3,4)29-23)33-21(31)35-37-27(9,10)13-14-28(11,12)38-36-22(32)34-20-17-25(5,6)30-26(7,8)18-20/h19-20,29-30H,13-18H2,1-12H3. The van der Waals surface area contributed by atoms with E-state index in [4.69, 9.17) is 29.0 Å². The van der Waals surface area contributed by atoms with Crippen molar-refractivity contribution >= 4 is 12.3 Å². The molecule has 0 atom stereocenters. The molecule has 0 aromatic carbocycles. The molecule has 10 heteroatoms. The van der Waals surface area contributed by atoms with Crippen LogP contribution in [0.15, 0.2) is 0 Å². The molecule has 0 radical (unpaired) electrons. The average molecular weight is 545 g/mol. The molecule has 0 aromatic heterocycles. The van der Waals surface area contributed by atoms with E-state index in [0.717, 1.165) is 0 Å². The largest absolute Gasteiger partial charge is 0.540 e. The van der Waals surface area contributed by atoms with Gasteiger partial charge >= 0.3 is 12.3 Å². The quantitative estimate of drug-likeness (QED) is 0.200. The molecule has 0 spiro atoms. The Balaban J connectivity index is 1.74. The van der Waals surface area contributed by atoms with Gasteiger partial charge < -0.3 is 20.1 Å². The third-order valence-electron chi connectivity index (χ3n) is 6.83. The van der Waals surface area contributed by atoms with Crippen LogP contribution in [0.25, 0.3) is 0 Å². The lowest BCUT2D eigenvalue weighted by molar-refractivity contribution is -0.336. The van der Waals surface area contributed by atoms with Crippen molar-refractivity contribution in [3.05, 3.63) is 0 Å². The number of rotatable bonds is 9. The van der Waals surface area contributed by atoms with E-state index in [9.17, 15) is 9.59 Å². The molecular weight excluding hydrogens is 492 g/mol. The van der Waals surface area contributed by atoms with Crippen molar-refractivity contribution in [1.29, 1.82) is 0 Å². The fourth-order valence-electron chi connectivity index (χ4n) is 5.91. The first kappa shape index (κ1) is 32.6. The molecule has 222 valence electrons. The van der Waals surface area contributed by atoms with Gasteiger partial charge in [0.05, 0.1) is 0 Å². The number of ether oxygens (including phenoxy) is 2. The van der Waals surface area contributed by atoms with E-state index < -0.39 is 23.5 Å². The second-order valence-electron chi connectivity index (χ2n) is 14.9. The number of hydrogen-bond donors (Lipinski definition) is 2. The van der Waals surface area contributed by atoms with Crippen LogP contribution >= 0.6 is 0 Å². The second kappa shape index (κ2) is 11.5. The van der Waals surface area contributed by atoms with Crippen LogP contribution in [0, 0.1) is 0 Å². The summed E-state index contributed by atoms with van der Waals surface area (Å²) in [4.78, 5) is 45.4. The summed E-state index contributed by atoms with van der Waals surface area (Å²) in [6.45, 7) is 23.8. The molecule has 2 aliphatic rings. The maximum atomic E-state index is 12.3. The van der Waals surface area contributed by atoms with E-state index >= 15 is 0 Å². The summed E-state index contributed by atoms with van der Waals surface area (Å²) in [6.07, 6.45) is 1.35. The minimum Gasteiger partial charge on any atom is -0.429 e.